The van der Waals surface area contributed by atoms with Gasteiger partial charge in [-0.05, 0) is 74.8 Å². The first kappa shape index (κ1) is 19.9. The van der Waals surface area contributed by atoms with Crippen molar-refractivity contribution in [3.05, 3.63) is 71.4 Å². The van der Waals surface area contributed by atoms with Gasteiger partial charge >= 0.3 is 0 Å². The standard InChI is InChI=1S/C26H25N5O2/c1-16-23-19(14-21(28-24(23)30-29-16)17-6-8-18(32)9-7-17)25(33)31-15-26(10-12-27-13-11-26)20-4-2-3-5-22(20)31/h2-9,14,27,32H,10-13,15H2,1H3,(H,28,29,30). The molecule has 4 heterocycles. The maximum absolute atomic E-state index is 14.1. The molecule has 0 unspecified atom stereocenters. The van der Waals surface area contributed by atoms with Gasteiger partial charge in [-0.2, -0.15) is 5.10 Å². The number of H-pyrrole nitrogens is 1. The predicted octanol–water partition coefficient (Wildman–Crippen LogP) is 3.92. The number of pyridine rings is 1. The van der Waals surface area contributed by atoms with Gasteiger partial charge in [0, 0.05) is 23.2 Å². The number of aromatic hydroxyl groups is 1. The molecule has 2 aliphatic rings. The summed E-state index contributed by atoms with van der Waals surface area (Å²) in [6.45, 7) is 4.50. The highest BCUT2D eigenvalue weighted by atomic mass is 16.3. The topological polar surface area (TPSA) is 94.1 Å². The number of nitrogens with zero attached hydrogens (tertiary/aromatic N) is 3. The zero-order valence-electron chi connectivity index (χ0n) is 18.4. The second-order valence-corrected chi connectivity index (χ2v) is 9.07. The number of amides is 1. The number of phenolic OH excluding ortho intramolecular Hbond substituents is 1. The minimum absolute atomic E-state index is 0.00508. The monoisotopic (exact) mass is 439 g/mol. The summed E-state index contributed by atoms with van der Waals surface area (Å²) in [6, 6.07) is 17.0. The van der Waals surface area contributed by atoms with Crippen LogP contribution < -0.4 is 10.2 Å². The number of nitrogens with one attached hydrogen (secondary N) is 2. The molecule has 3 N–H and O–H groups in total. The number of aromatic nitrogens is 3. The van der Waals surface area contributed by atoms with E-state index in [9.17, 15) is 9.90 Å². The second-order valence-electron chi connectivity index (χ2n) is 9.07. The van der Waals surface area contributed by atoms with Crippen LogP contribution in [0.25, 0.3) is 22.3 Å². The zero-order chi connectivity index (χ0) is 22.6. The molecule has 166 valence electrons. The van der Waals surface area contributed by atoms with Crippen molar-refractivity contribution in [1.29, 1.82) is 0 Å². The highest BCUT2D eigenvalue weighted by Gasteiger charge is 2.45. The Labute approximate surface area is 191 Å². The number of fused-ring (bicyclic) bond motifs is 3. The van der Waals surface area contributed by atoms with E-state index in [4.69, 9.17) is 4.98 Å². The molecule has 0 saturated carbocycles. The van der Waals surface area contributed by atoms with Crippen LogP contribution in [-0.2, 0) is 5.41 Å². The summed E-state index contributed by atoms with van der Waals surface area (Å²) in [7, 11) is 0. The molecule has 6 rings (SSSR count). The predicted molar refractivity (Wildman–Crippen MR) is 128 cm³/mol. The summed E-state index contributed by atoms with van der Waals surface area (Å²) in [6.07, 6.45) is 2.03. The number of carbonyl (C=O) groups excluding carboxylic acids is 1. The summed E-state index contributed by atoms with van der Waals surface area (Å²) in [5.74, 6) is 0.157. The Balaban J connectivity index is 1.49. The van der Waals surface area contributed by atoms with Crippen LogP contribution in [0, 0.1) is 6.92 Å². The number of hydrogen-bond donors (Lipinski definition) is 3. The van der Waals surface area contributed by atoms with Crippen LogP contribution in [0.2, 0.25) is 0 Å². The van der Waals surface area contributed by atoms with Crippen LogP contribution >= 0.6 is 0 Å². The van der Waals surface area contributed by atoms with Crippen molar-refractivity contribution in [2.75, 3.05) is 24.5 Å². The van der Waals surface area contributed by atoms with Crippen molar-refractivity contribution < 1.29 is 9.90 Å². The van der Waals surface area contributed by atoms with E-state index >= 15 is 0 Å². The Morgan fingerprint density at radius 1 is 1.09 bits per heavy atom. The molecule has 0 bridgehead atoms. The third-order valence-corrected chi connectivity index (χ3v) is 7.14. The van der Waals surface area contributed by atoms with Crippen LogP contribution in [-0.4, -0.2) is 45.8 Å². The number of benzene rings is 2. The maximum Gasteiger partial charge on any atom is 0.259 e. The molecule has 0 radical (unpaired) electrons. The molecule has 2 aliphatic heterocycles. The van der Waals surface area contributed by atoms with Crippen molar-refractivity contribution in [2.24, 2.45) is 0 Å². The van der Waals surface area contributed by atoms with E-state index in [1.54, 1.807) is 24.3 Å². The Morgan fingerprint density at radius 2 is 1.85 bits per heavy atom. The third-order valence-electron chi connectivity index (χ3n) is 7.14. The van der Waals surface area contributed by atoms with Gasteiger partial charge in [0.25, 0.3) is 5.91 Å². The summed E-state index contributed by atoms with van der Waals surface area (Å²) in [4.78, 5) is 20.8. The maximum atomic E-state index is 14.1. The van der Waals surface area contributed by atoms with Crippen LogP contribution in [0.3, 0.4) is 0 Å². The largest absolute Gasteiger partial charge is 0.508 e. The lowest BCUT2D eigenvalue weighted by Crippen LogP contribution is -2.44. The molecule has 1 amide bonds. The molecule has 2 aromatic heterocycles. The lowest BCUT2D eigenvalue weighted by molar-refractivity contribution is 0.0984. The third kappa shape index (κ3) is 3.11. The molecular formula is C26H25N5O2. The average molecular weight is 440 g/mol. The summed E-state index contributed by atoms with van der Waals surface area (Å²) in [5.41, 5.74) is 5.69. The van der Waals surface area contributed by atoms with E-state index in [0.717, 1.165) is 48.3 Å². The molecule has 1 spiro atoms. The van der Waals surface area contributed by atoms with Crippen molar-refractivity contribution in [2.45, 2.75) is 25.2 Å². The Bertz CT molecular complexity index is 1370. The number of phenols is 1. The number of para-hydroxylation sites is 1. The average Bonchev–Trinajstić information content (AvgIpc) is 3.37. The lowest BCUT2D eigenvalue weighted by Gasteiger charge is -2.34. The molecule has 1 saturated heterocycles. The molecule has 33 heavy (non-hydrogen) atoms. The highest BCUT2D eigenvalue weighted by molar-refractivity contribution is 6.15. The van der Waals surface area contributed by atoms with E-state index in [2.05, 4.69) is 33.7 Å². The Kier molecular flexibility index (Phi) is 4.48. The van der Waals surface area contributed by atoms with Gasteiger partial charge in [0.05, 0.1) is 22.3 Å². The van der Waals surface area contributed by atoms with Gasteiger partial charge in [-0.3, -0.25) is 9.89 Å². The number of rotatable bonds is 2. The smallest absolute Gasteiger partial charge is 0.259 e. The number of piperidine rings is 1. The second kappa shape index (κ2) is 7.42. The Morgan fingerprint density at radius 3 is 2.64 bits per heavy atom. The number of anilines is 1. The molecule has 1 fully saturated rings. The summed E-state index contributed by atoms with van der Waals surface area (Å²) >= 11 is 0. The fourth-order valence-corrected chi connectivity index (χ4v) is 5.42. The first-order chi connectivity index (χ1) is 16.1. The van der Waals surface area contributed by atoms with Gasteiger partial charge in [-0.15, -0.1) is 0 Å². The SMILES string of the molecule is Cc1n[nH]c2nc(-c3ccc(O)cc3)cc(C(=O)N3CC4(CCNCC4)c4ccccc43)c12. The molecule has 4 aromatic rings. The van der Waals surface area contributed by atoms with Crippen LogP contribution in [0.15, 0.2) is 54.6 Å². The lowest BCUT2D eigenvalue weighted by atomic mass is 9.75. The first-order valence-electron chi connectivity index (χ1n) is 11.3. The highest BCUT2D eigenvalue weighted by Crippen LogP contribution is 2.46. The number of aromatic amines is 1. The van der Waals surface area contributed by atoms with Crippen molar-refractivity contribution >= 4 is 22.6 Å². The van der Waals surface area contributed by atoms with Crippen LogP contribution in [0.1, 0.15) is 34.5 Å². The minimum atomic E-state index is -0.0326. The van der Waals surface area contributed by atoms with Gasteiger partial charge in [-0.25, -0.2) is 4.98 Å². The molecule has 0 aliphatic carbocycles. The van der Waals surface area contributed by atoms with Gasteiger partial charge in [0.1, 0.15) is 5.75 Å². The van der Waals surface area contributed by atoms with Crippen LogP contribution in [0.4, 0.5) is 5.69 Å². The van der Waals surface area contributed by atoms with Crippen molar-refractivity contribution in [3.8, 4) is 17.0 Å². The number of carbonyl (C=O) groups is 1. The van der Waals surface area contributed by atoms with E-state index in [-0.39, 0.29) is 17.1 Å². The molecule has 7 heteroatoms. The van der Waals surface area contributed by atoms with Crippen molar-refractivity contribution in [3.63, 3.8) is 0 Å². The fourth-order valence-electron chi connectivity index (χ4n) is 5.42. The minimum Gasteiger partial charge on any atom is -0.508 e. The van der Waals surface area contributed by atoms with Gasteiger partial charge in [-0.1, -0.05) is 18.2 Å². The summed E-state index contributed by atoms with van der Waals surface area (Å²) in [5, 5.41) is 21.2. The van der Waals surface area contributed by atoms with Gasteiger partial charge < -0.3 is 15.3 Å². The quantitative estimate of drug-likeness (QED) is 0.440. The van der Waals surface area contributed by atoms with Gasteiger partial charge in [0.2, 0.25) is 0 Å². The first-order valence-corrected chi connectivity index (χ1v) is 11.3. The fraction of sp³-hybridized carbons (Fsp3) is 0.269. The summed E-state index contributed by atoms with van der Waals surface area (Å²) < 4.78 is 0. The van der Waals surface area contributed by atoms with E-state index < -0.39 is 0 Å². The van der Waals surface area contributed by atoms with E-state index in [1.807, 2.05) is 24.0 Å². The van der Waals surface area contributed by atoms with Gasteiger partial charge in [0.15, 0.2) is 5.65 Å². The van der Waals surface area contributed by atoms with Crippen molar-refractivity contribution in [1.82, 2.24) is 20.5 Å². The zero-order valence-corrected chi connectivity index (χ0v) is 18.4. The molecule has 0 atom stereocenters. The molecule has 7 nitrogen and oxygen atoms in total. The molecule has 2 aromatic carbocycles. The molecular weight excluding hydrogens is 414 g/mol. The number of aryl methyl sites for hydroxylation is 1. The van der Waals surface area contributed by atoms with E-state index in [0.29, 0.717) is 23.4 Å². The Hall–Kier alpha value is -3.71. The van der Waals surface area contributed by atoms with Crippen LogP contribution in [0.5, 0.6) is 5.75 Å². The normalized spacial score (nSPS) is 16.9. The number of hydrogen-bond acceptors (Lipinski definition) is 5. The van der Waals surface area contributed by atoms with E-state index in [1.165, 1.54) is 5.56 Å².